The maximum absolute atomic E-state index is 12.4. The Bertz CT molecular complexity index is 427. The molecular weight excluding hydrogens is 286 g/mol. The molecule has 2 saturated heterocycles. The van der Waals surface area contributed by atoms with E-state index in [0.717, 1.165) is 0 Å². The Labute approximate surface area is 119 Å². The second-order valence-corrected chi connectivity index (χ2v) is 6.53. The summed E-state index contributed by atoms with van der Waals surface area (Å²) in [6, 6.07) is 0. The first-order chi connectivity index (χ1) is 9.55. The summed E-state index contributed by atoms with van der Waals surface area (Å²) in [5, 5.41) is 0. The van der Waals surface area contributed by atoms with Crippen molar-refractivity contribution in [1.82, 2.24) is 13.5 Å². The van der Waals surface area contributed by atoms with Crippen LogP contribution >= 0.6 is 0 Å². The predicted molar refractivity (Wildman–Crippen MR) is 71.5 cm³/mol. The number of ether oxygens (including phenoxy) is 2. The number of rotatable bonds is 3. The summed E-state index contributed by atoms with van der Waals surface area (Å²) in [4.78, 5) is 13.1. The molecule has 0 aromatic carbocycles. The number of morpholine rings is 1. The van der Waals surface area contributed by atoms with Crippen molar-refractivity contribution < 1.29 is 22.7 Å². The Kier molecular flexibility index (Phi) is 5.19. The molecule has 0 atom stereocenters. The van der Waals surface area contributed by atoms with E-state index in [1.54, 1.807) is 6.92 Å². The van der Waals surface area contributed by atoms with Crippen LogP contribution in [0.25, 0.3) is 0 Å². The standard InChI is InChI=1S/C11H21N3O5S/c1-2-19-11(15)12-3-5-13(6-4-12)20(16,17)14-7-9-18-10-8-14/h2-10H2,1H3. The van der Waals surface area contributed by atoms with Gasteiger partial charge in [0.15, 0.2) is 0 Å². The van der Waals surface area contributed by atoms with Crippen molar-refractivity contribution in [3.8, 4) is 0 Å². The van der Waals surface area contributed by atoms with Crippen LogP contribution in [-0.2, 0) is 19.7 Å². The van der Waals surface area contributed by atoms with Gasteiger partial charge in [0.1, 0.15) is 0 Å². The molecule has 0 N–H and O–H groups in total. The van der Waals surface area contributed by atoms with Gasteiger partial charge in [0, 0.05) is 39.3 Å². The lowest BCUT2D eigenvalue weighted by molar-refractivity contribution is 0.0670. The summed E-state index contributed by atoms with van der Waals surface area (Å²) in [6.07, 6.45) is -0.379. The fourth-order valence-electron chi connectivity index (χ4n) is 2.26. The topological polar surface area (TPSA) is 79.4 Å². The molecule has 2 aliphatic heterocycles. The maximum Gasteiger partial charge on any atom is 0.409 e. The van der Waals surface area contributed by atoms with Gasteiger partial charge < -0.3 is 14.4 Å². The van der Waals surface area contributed by atoms with Gasteiger partial charge in [-0.05, 0) is 6.92 Å². The molecule has 116 valence electrons. The lowest BCUT2D eigenvalue weighted by Crippen LogP contribution is -2.55. The molecule has 0 radical (unpaired) electrons. The molecule has 2 rings (SSSR count). The van der Waals surface area contributed by atoms with Crippen LogP contribution in [0.3, 0.4) is 0 Å². The Morgan fingerprint density at radius 1 is 1.05 bits per heavy atom. The number of hydrogen-bond acceptors (Lipinski definition) is 5. The molecule has 2 fully saturated rings. The first-order valence-corrected chi connectivity index (χ1v) is 8.20. The summed E-state index contributed by atoms with van der Waals surface area (Å²) in [7, 11) is -3.44. The van der Waals surface area contributed by atoms with Crippen molar-refractivity contribution >= 4 is 16.3 Å². The molecule has 1 amide bonds. The summed E-state index contributed by atoms with van der Waals surface area (Å²) < 4.78 is 37.7. The van der Waals surface area contributed by atoms with Gasteiger partial charge in [-0.2, -0.15) is 17.0 Å². The number of carbonyl (C=O) groups is 1. The monoisotopic (exact) mass is 307 g/mol. The molecule has 0 aromatic heterocycles. The van der Waals surface area contributed by atoms with Crippen LogP contribution in [0.2, 0.25) is 0 Å². The number of piperazine rings is 1. The van der Waals surface area contributed by atoms with Crippen LogP contribution in [0, 0.1) is 0 Å². The van der Waals surface area contributed by atoms with Gasteiger partial charge >= 0.3 is 6.09 Å². The molecular formula is C11H21N3O5S. The van der Waals surface area contributed by atoms with Crippen LogP contribution in [0.5, 0.6) is 0 Å². The van der Waals surface area contributed by atoms with Crippen LogP contribution in [0.15, 0.2) is 0 Å². The maximum atomic E-state index is 12.4. The SMILES string of the molecule is CCOC(=O)N1CCN(S(=O)(=O)N2CCOCC2)CC1. The van der Waals surface area contributed by atoms with Gasteiger partial charge in [-0.25, -0.2) is 4.79 Å². The Morgan fingerprint density at radius 3 is 2.15 bits per heavy atom. The first kappa shape index (κ1) is 15.5. The molecule has 0 aliphatic carbocycles. The molecule has 0 bridgehead atoms. The normalized spacial score (nSPS) is 22.8. The molecule has 2 heterocycles. The van der Waals surface area contributed by atoms with E-state index in [9.17, 15) is 13.2 Å². The third-order valence-electron chi connectivity index (χ3n) is 3.39. The summed E-state index contributed by atoms with van der Waals surface area (Å²) >= 11 is 0. The van der Waals surface area contributed by atoms with Crippen LogP contribution < -0.4 is 0 Å². The smallest absolute Gasteiger partial charge is 0.409 e. The lowest BCUT2D eigenvalue weighted by Gasteiger charge is -2.37. The number of nitrogens with zero attached hydrogens (tertiary/aromatic N) is 3. The Morgan fingerprint density at radius 2 is 1.60 bits per heavy atom. The Hall–Kier alpha value is -0.900. The average molecular weight is 307 g/mol. The lowest BCUT2D eigenvalue weighted by atomic mass is 10.4. The molecule has 9 heteroatoms. The van der Waals surface area contributed by atoms with Crippen LogP contribution in [0.1, 0.15) is 6.92 Å². The van der Waals surface area contributed by atoms with Gasteiger partial charge in [-0.1, -0.05) is 0 Å². The van der Waals surface area contributed by atoms with Crippen molar-refractivity contribution in [3.63, 3.8) is 0 Å². The van der Waals surface area contributed by atoms with E-state index in [-0.39, 0.29) is 6.09 Å². The highest BCUT2D eigenvalue weighted by Crippen LogP contribution is 2.14. The Balaban J connectivity index is 1.90. The van der Waals surface area contributed by atoms with E-state index < -0.39 is 10.2 Å². The molecule has 0 spiro atoms. The third-order valence-corrected chi connectivity index (χ3v) is 5.42. The third kappa shape index (κ3) is 3.40. The zero-order valence-corrected chi connectivity index (χ0v) is 12.5. The minimum Gasteiger partial charge on any atom is -0.450 e. The molecule has 2 aliphatic rings. The van der Waals surface area contributed by atoms with Crippen molar-refractivity contribution in [1.29, 1.82) is 0 Å². The number of amides is 1. The van der Waals surface area contributed by atoms with Gasteiger partial charge in [-0.3, -0.25) is 0 Å². The second kappa shape index (κ2) is 6.70. The summed E-state index contributed by atoms with van der Waals surface area (Å²) in [5.74, 6) is 0. The van der Waals surface area contributed by atoms with Crippen LogP contribution in [0.4, 0.5) is 4.79 Å². The van der Waals surface area contributed by atoms with Crippen molar-refractivity contribution in [3.05, 3.63) is 0 Å². The zero-order valence-electron chi connectivity index (χ0n) is 11.7. The average Bonchev–Trinajstić information content (AvgIpc) is 2.48. The summed E-state index contributed by atoms with van der Waals surface area (Å²) in [5.41, 5.74) is 0. The zero-order chi connectivity index (χ0) is 14.6. The highest BCUT2D eigenvalue weighted by Gasteiger charge is 2.34. The highest BCUT2D eigenvalue weighted by atomic mass is 32.2. The van der Waals surface area contributed by atoms with Gasteiger partial charge in [-0.15, -0.1) is 0 Å². The molecule has 20 heavy (non-hydrogen) atoms. The molecule has 0 aromatic rings. The number of hydrogen-bond donors (Lipinski definition) is 0. The van der Waals surface area contributed by atoms with Crippen molar-refractivity contribution in [2.75, 3.05) is 59.1 Å². The van der Waals surface area contributed by atoms with Gasteiger partial charge in [0.2, 0.25) is 0 Å². The second-order valence-electron chi connectivity index (χ2n) is 4.60. The van der Waals surface area contributed by atoms with Crippen molar-refractivity contribution in [2.45, 2.75) is 6.92 Å². The van der Waals surface area contributed by atoms with E-state index in [4.69, 9.17) is 9.47 Å². The van der Waals surface area contributed by atoms with Gasteiger partial charge in [0.25, 0.3) is 10.2 Å². The minimum absolute atomic E-state index is 0.304. The quantitative estimate of drug-likeness (QED) is 0.691. The van der Waals surface area contributed by atoms with Gasteiger partial charge in [0.05, 0.1) is 19.8 Å². The van der Waals surface area contributed by atoms with E-state index in [2.05, 4.69) is 0 Å². The largest absolute Gasteiger partial charge is 0.450 e. The number of carbonyl (C=O) groups excluding carboxylic acids is 1. The molecule has 8 nitrogen and oxygen atoms in total. The fourth-order valence-corrected chi connectivity index (χ4v) is 3.82. The van der Waals surface area contributed by atoms with Crippen molar-refractivity contribution in [2.24, 2.45) is 0 Å². The van der Waals surface area contributed by atoms with E-state index in [0.29, 0.717) is 59.1 Å². The first-order valence-electron chi connectivity index (χ1n) is 6.80. The molecule has 0 saturated carbocycles. The van der Waals surface area contributed by atoms with E-state index >= 15 is 0 Å². The minimum atomic E-state index is -3.44. The van der Waals surface area contributed by atoms with E-state index in [1.807, 2.05) is 0 Å². The highest BCUT2D eigenvalue weighted by molar-refractivity contribution is 7.86. The fraction of sp³-hybridized carbons (Fsp3) is 0.909. The predicted octanol–water partition coefficient (Wildman–Crippen LogP) is -0.662. The molecule has 0 unspecified atom stereocenters. The van der Waals surface area contributed by atoms with Crippen LogP contribution in [-0.4, -0.2) is 87.1 Å². The van der Waals surface area contributed by atoms with E-state index in [1.165, 1.54) is 13.5 Å². The summed E-state index contributed by atoms with van der Waals surface area (Å²) in [6.45, 7) is 5.05.